The molecule has 0 bridgehead atoms. The van der Waals surface area contributed by atoms with Crippen LogP contribution in [0.4, 0.5) is 13.2 Å². The normalized spacial score (nSPS) is 21.1. The van der Waals surface area contributed by atoms with Crippen LogP contribution in [0.1, 0.15) is 10.8 Å². The summed E-state index contributed by atoms with van der Waals surface area (Å²) < 4.78 is 43.9. The van der Waals surface area contributed by atoms with Gasteiger partial charge in [0.15, 0.2) is 0 Å². The quantitative estimate of drug-likeness (QED) is 0.884. The molecule has 1 aliphatic rings. The molecule has 1 aliphatic heterocycles. The molecular formula is C9H10F3N5OS. The zero-order valence-electron chi connectivity index (χ0n) is 9.65. The third kappa shape index (κ3) is 2.55. The summed E-state index contributed by atoms with van der Waals surface area (Å²) in [6.45, 7) is 1.93. The molecule has 0 amide bonds. The molecule has 0 aromatic carbocycles. The lowest BCUT2D eigenvalue weighted by Gasteiger charge is -2.22. The molecule has 19 heavy (non-hydrogen) atoms. The predicted molar refractivity (Wildman–Crippen MR) is 60.0 cm³/mol. The van der Waals surface area contributed by atoms with Crippen LogP contribution < -0.4 is 5.32 Å². The molecule has 1 N–H and O–H groups in total. The molecule has 6 nitrogen and oxygen atoms in total. The third-order valence-electron chi connectivity index (χ3n) is 2.71. The van der Waals surface area contributed by atoms with Gasteiger partial charge in [-0.1, -0.05) is 11.3 Å². The molecule has 1 atom stereocenters. The van der Waals surface area contributed by atoms with Crippen LogP contribution in [0, 0.1) is 0 Å². The van der Waals surface area contributed by atoms with Crippen molar-refractivity contribution >= 4 is 16.3 Å². The van der Waals surface area contributed by atoms with Crippen LogP contribution in [0.5, 0.6) is 0 Å². The Bertz CT molecular complexity index is 574. The molecule has 3 heterocycles. The Balaban J connectivity index is 1.83. The van der Waals surface area contributed by atoms with Gasteiger partial charge in [0.25, 0.3) is 5.82 Å². The fourth-order valence-electron chi connectivity index (χ4n) is 1.88. The van der Waals surface area contributed by atoms with E-state index in [1.807, 2.05) is 0 Å². The van der Waals surface area contributed by atoms with Gasteiger partial charge in [0.2, 0.25) is 4.96 Å². The predicted octanol–water partition coefficient (Wildman–Crippen LogP) is 0.735. The average Bonchev–Trinajstić information content (AvgIpc) is 2.88. The third-order valence-corrected chi connectivity index (χ3v) is 3.63. The van der Waals surface area contributed by atoms with Crippen LogP contribution >= 0.6 is 11.3 Å². The highest BCUT2D eigenvalue weighted by molar-refractivity contribution is 7.16. The average molecular weight is 293 g/mol. The second-order valence-corrected chi connectivity index (χ2v) is 5.18. The van der Waals surface area contributed by atoms with E-state index in [4.69, 9.17) is 4.74 Å². The van der Waals surface area contributed by atoms with Crippen LogP contribution in [0.2, 0.25) is 0 Å². The lowest BCUT2D eigenvalue weighted by molar-refractivity contribution is -0.146. The highest BCUT2D eigenvalue weighted by atomic mass is 32.1. The monoisotopic (exact) mass is 293 g/mol. The Labute approximate surface area is 109 Å². The summed E-state index contributed by atoms with van der Waals surface area (Å²) in [6, 6.07) is 0.0758. The van der Waals surface area contributed by atoms with E-state index in [2.05, 4.69) is 20.6 Å². The number of aromatic nitrogens is 4. The van der Waals surface area contributed by atoms with Crippen molar-refractivity contribution in [1.29, 1.82) is 0 Å². The molecular weight excluding hydrogens is 283 g/mol. The summed E-state index contributed by atoms with van der Waals surface area (Å²) in [5.74, 6) is -1.09. The molecule has 104 valence electrons. The molecule has 1 unspecified atom stereocenters. The first-order chi connectivity index (χ1) is 9.04. The number of alkyl halides is 3. The van der Waals surface area contributed by atoms with Crippen LogP contribution in [0.3, 0.4) is 0 Å². The lowest BCUT2D eigenvalue weighted by atomic mass is 10.2. The molecule has 3 rings (SSSR count). The van der Waals surface area contributed by atoms with Crippen molar-refractivity contribution in [3.05, 3.63) is 10.8 Å². The van der Waals surface area contributed by atoms with Crippen molar-refractivity contribution in [2.75, 3.05) is 19.8 Å². The fourth-order valence-corrected chi connectivity index (χ4v) is 2.79. The Hall–Kier alpha value is -1.26. The van der Waals surface area contributed by atoms with Crippen molar-refractivity contribution in [3.63, 3.8) is 0 Å². The number of fused-ring (bicyclic) bond motifs is 1. The first kappa shape index (κ1) is 12.8. The number of ether oxygens (including phenoxy) is 1. The van der Waals surface area contributed by atoms with E-state index >= 15 is 0 Å². The van der Waals surface area contributed by atoms with Crippen molar-refractivity contribution in [1.82, 2.24) is 25.1 Å². The molecule has 2 aromatic rings. The van der Waals surface area contributed by atoms with Gasteiger partial charge in [-0.3, -0.25) is 0 Å². The van der Waals surface area contributed by atoms with Gasteiger partial charge in [0.1, 0.15) is 5.01 Å². The van der Waals surface area contributed by atoms with Gasteiger partial charge in [-0.2, -0.15) is 22.8 Å². The number of hydrogen-bond donors (Lipinski definition) is 1. The number of halogens is 3. The van der Waals surface area contributed by atoms with Crippen molar-refractivity contribution in [3.8, 4) is 0 Å². The number of nitrogens with one attached hydrogen (secondary N) is 1. The minimum absolute atomic E-state index is 0.0758. The molecule has 10 heteroatoms. The SMILES string of the molecule is FC(F)(F)c1nnc2sc(CC3COCCN3)nn12. The molecule has 0 aliphatic carbocycles. The topological polar surface area (TPSA) is 64.3 Å². The maximum Gasteiger partial charge on any atom is 0.453 e. The first-order valence-electron chi connectivity index (χ1n) is 5.63. The van der Waals surface area contributed by atoms with Gasteiger partial charge in [-0.15, -0.1) is 10.2 Å². The number of rotatable bonds is 2. The van der Waals surface area contributed by atoms with Gasteiger partial charge in [0.05, 0.1) is 13.2 Å². The van der Waals surface area contributed by atoms with Gasteiger partial charge >= 0.3 is 6.18 Å². The Morgan fingerprint density at radius 3 is 2.95 bits per heavy atom. The van der Waals surface area contributed by atoms with Crippen LogP contribution in [-0.4, -0.2) is 45.6 Å². The Morgan fingerprint density at radius 2 is 2.26 bits per heavy atom. The van der Waals surface area contributed by atoms with Crippen LogP contribution in [0.15, 0.2) is 0 Å². The van der Waals surface area contributed by atoms with E-state index in [1.54, 1.807) is 0 Å². The van der Waals surface area contributed by atoms with E-state index in [9.17, 15) is 13.2 Å². The van der Waals surface area contributed by atoms with E-state index in [0.717, 1.165) is 22.4 Å². The van der Waals surface area contributed by atoms with Crippen LogP contribution in [0.25, 0.3) is 4.96 Å². The van der Waals surface area contributed by atoms with E-state index in [0.29, 0.717) is 24.6 Å². The second kappa shape index (κ2) is 4.69. The van der Waals surface area contributed by atoms with Gasteiger partial charge in [-0.25, -0.2) is 0 Å². The zero-order valence-corrected chi connectivity index (χ0v) is 10.5. The summed E-state index contributed by atoms with van der Waals surface area (Å²) in [7, 11) is 0. The van der Waals surface area contributed by atoms with E-state index in [1.165, 1.54) is 0 Å². The standard InChI is InChI=1S/C9H10F3N5OS/c10-9(11,12)7-14-15-8-17(7)16-6(19-8)3-5-4-18-2-1-13-5/h5,13H,1-4H2. The second-order valence-electron chi connectivity index (χ2n) is 4.14. The van der Waals surface area contributed by atoms with Crippen LogP contribution in [-0.2, 0) is 17.3 Å². The first-order valence-corrected chi connectivity index (χ1v) is 6.45. The lowest BCUT2D eigenvalue weighted by Crippen LogP contribution is -2.42. The minimum atomic E-state index is -4.54. The molecule has 1 fully saturated rings. The minimum Gasteiger partial charge on any atom is -0.379 e. The molecule has 1 saturated heterocycles. The summed E-state index contributed by atoms with van der Waals surface area (Å²) in [4.78, 5) is 0.152. The molecule has 0 saturated carbocycles. The maximum absolute atomic E-state index is 12.6. The van der Waals surface area contributed by atoms with Crippen molar-refractivity contribution in [2.24, 2.45) is 0 Å². The number of morpholine rings is 1. The number of hydrogen-bond acceptors (Lipinski definition) is 6. The zero-order chi connectivity index (χ0) is 13.5. The largest absolute Gasteiger partial charge is 0.453 e. The Morgan fingerprint density at radius 1 is 1.42 bits per heavy atom. The van der Waals surface area contributed by atoms with Crippen molar-refractivity contribution in [2.45, 2.75) is 18.6 Å². The van der Waals surface area contributed by atoms with Gasteiger partial charge in [0, 0.05) is 19.0 Å². The van der Waals surface area contributed by atoms with E-state index in [-0.39, 0.29) is 11.0 Å². The fraction of sp³-hybridized carbons (Fsp3) is 0.667. The van der Waals surface area contributed by atoms with Gasteiger partial charge < -0.3 is 10.1 Å². The summed E-state index contributed by atoms with van der Waals surface area (Å²) >= 11 is 1.11. The molecule has 0 spiro atoms. The summed E-state index contributed by atoms with van der Waals surface area (Å²) in [5.41, 5.74) is 0. The maximum atomic E-state index is 12.6. The smallest absolute Gasteiger partial charge is 0.379 e. The van der Waals surface area contributed by atoms with Crippen molar-refractivity contribution < 1.29 is 17.9 Å². The van der Waals surface area contributed by atoms with E-state index < -0.39 is 12.0 Å². The Kier molecular flexibility index (Phi) is 3.15. The summed E-state index contributed by atoms with van der Waals surface area (Å²) in [6.07, 6.45) is -4.03. The highest BCUT2D eigenvalue weighted by Gasteiger charge is 2.38. The molecule has 0 radical (unpaired) electrons. The van der Waals surface area contributed by atoms with Gasteiger partial charge in [-0.05, 0) is 0 Å². The highest BCUT2D eigenvalue weighted by Crippen LogP contribution is 2.29. The number of nitrogens with zero attached hydrogens (tertiary/aromatic N) is 4. The summed E-state index contributed by atoms with van der Waals surface area (Å²) in [5, 5.41) is 14.3. The molecule has 2 aromatic heterocycles.